The molecule has 1 unspecified atom stereocenters. The van der Waals surface area contributed by atoms with Crippen LogP contribution in [0.5, 0.6) is 0 Å². The summed E-state index contributed by atoms with van der Waals surface area (Å²) >= 11 is 3.48. The first-order chi connectivity index (χ1) is 9.06. The fourth-order valence-corrected chi connectivity index (χ4v) is 3.13. The van der Waals surface area contributed by atoms with Crippen molar-refractivity contribution in [1.29, 1.82) is 0 Å². The number of carbonyl (C=O) groups is 1. The Morgan fingerprint density at radius 1 is 1.26 bits per heavy atom. The Balaban J connectivity index is 1.99. The van der Waals surface area contributed by atoms with Crippen molar-refractivity contribution >= 4 is 27.5 Å². The Kier molecular flexibility index (Phi) is 4.86. The maximum absolute atomic E-state index is 12.3. The molecule has 0 saturated carbocycles. The van der Waals surface area contributed by atoms with Crippen LogP contribution in [-0.4, -0.2) is 29.9 Å². The summed E-state index contributed by atoms with van der Waals surface area (Å²) in [5, 5.41) is 3.30. The second kappa shape index (κ2) is 6.42. The number of likely N-dealkylation sites (tertiary alicyclic amines) is 1. The molecule has 0 radical (unpaired) electrons. The Bertz CT molecular complexity index is 435. The van der Waals surface area contributed by atoms with E-state index in [2.05, 4.69) is 33.4 Å². The van der Waals surface area contributed by atoms with E-state index in [1.54, 1.807) is 0 Å². The Hall–Kier alpha value is -1.03. The number of halogens is 1. The number of rotatable bonds is 3. The fourth-order valence-electron chi connectivity index (χ4n) is 2.52. The summed E-state index contributed by atoms with van der Waals surface area (Å²) in [6, 6.07) is 5.95. The highest BCUT2D eigenvalue weighted by Crippen LogP contribution is 2.20. The molecule has 1 heterocycles. The molecule has 104 valence electrons. The summed E-state index contributed by atoms with van der Waals surface area (Å²) < 4.78 is 1.03. The van der Waals surface area contributed by atoms with Crippen molar-refractivity contribution < 1.29 is 4.79 Å². The van der Waals surface area contributed by atoms with Gasteiger partial charge in [-0.1, -0.05) is 15.9 Å². The van der Waals surface area contributed by atoms with Crippen LogP contribution in [0.25, 0.3) is 0 Å². The standard InChI is InChI=1S/C15H21BrN2O/c1-11-8-13(16)10-14(9-11)17-12(2)15(19)18-6-4-3-5-7-18/h8-10,12,17H,3-7H2,1-2H3. The van der Waals surface area contributed by atoms with Crippen LogP contribution in [0, 0.1) is 6.92 Å². The van der Waals surface area contributed by atoms with E-state index in [9.17, 15) is 4.79 Å². The highest BCUT2D eigenvalue weighted by atomic mass is 79.9. The first-order valence-corrected chi connectivity index (χ1v) is 7.68. The highest BCUT2D eigenvalue weighted by Gasteiger charge is 2.21. The van der Waals surface area contributed by atoms with Crippen molar-refractivity contribution in [2.45, 2.75) is 39.2 Å². The van der Waals surface area contributed by atoms with Crippen LogP contribution >= 0.6 is 15.9 Å². The average molecular weight is 325 g/mol. The second-order valence-electron chi connectivity index (χ2n) is 5.27. The van der Waals surface area contributed by atoms with E-state index in [1.807, 2.05) is 24.8 Å². The molecule has 1 amide bonds. The predicted octanol–water partition coefficient (Wildman–Crippen LogP) is 3.57. The van der Waals surface area contributed by atoms with Gasteiger partial charge in [0.25, 0.3) is 0 Å². The van der Waals surface area contributed by atoms with Gasteiger partial charge in [-0.3, -0.25) is 4.79 Å². The summed E-state index contributed by atoms with van der Waals surface area (Å²) in [5.41, 5.74) is 2.17. The lowest BCUT2D eigenvalue weighted by atomic mass is 10.1. The van der Waals surface area contributed by atoms with Crippen molar-refractivity contribution in [3.8, 4) is 0 Å². The van der Waals surface area contributed by atoms with E-state index in [1.165, 1.54) is 12.0 Å². The van der Waals surface area contributed by atoms with E-state index < -0.39 is 0 Å². The lowest BCUT2D eigenvalue weighted by molar-refractivity contribution is -0.132. The van der Waals surface area contributed by atoms with Gasteiger partial charge >= 0.3 is 0 Å². The van der Waals surface area contributed by atoms with Crippen molar-refractivity contribution in [3.05, 3.63) is 28.2 Å². The van der Waals surface area contributed by atoms with Crippen LogP contribution in [0.4, 0.5) is 5.69 Å². The van der Waals surface area contributed by atoms with E-state index in [-0.39, 0.29) is 11.9 Å². The van der Waals surface area contributed by atoms with E-state index in [0.717, 1.165) is 36.1 Å². The third-order valence-electron chi connectivity index (χ3n) is 3.46. The summed E-state index contributed by atoms with van der Waals surface area (Å²) in [6.45, 7) is 5.80. The molecule has 0 bridgehead atoms. The number of amides is 1. The second-order valence-corrected chi connectivity index (χ2v) is 6.18. The number of piperidine rings is 1. The predicted molar refractivity (Wildman–Crippen MR) is 82.4 cm³/mol. The summed E-state index contributed by atoms with van der Waals surface area (Å²) in [4.78, 5) is 14.3. The van der Waals surface area contributed by atoms with Gasteiger partial charge in [0, 0.05) is 23.2 Å². The average Bonchev–Trinajstić information content (AvgIpc) is 2.37. The normalized spacial score (nSPS) is 17.1. The van der Waals surface area contributed by atoms with Crippen LogP contribution in [0.15, 0.2) is 22.7 Å². The lowest BCUT2D eigenvalue weighted by Crippen LogP contribution is -2.43. The summed E-state index contributed by atoms with van der Waals surface area (Å²) in [6.07, 6.45) is 3.51. The minimum Gasteiger partial charge on any atom is -0.374 e. The van der Waals surface area contributed by atoms with Crippen molar-refractivity contribution in [2.75, 3.05) is 18.4 Å². The van der Waals surface area contributed by atoms with Gasteiger partial charge in [-0.2, -0.15) is 0 Å². The maximum Gasteiger partial charge on any atom is 0.244 e. The van der Waals surface area contributed by atoms with Crippen LogP contribution in [0.2, 0.25) is 0 Å². The van der Waals surface area contributed by atoms with Crippen molar-refractivity contribution in [3.63, 3.8) is 0 Å². The molecule has 1 atom stereocenters. The van der Waals surface area contributed by atoms with Gasteiger partial charge in [0.05, 0.1) is 0 Å². The number of nitrogens with one attached hydrogen (secondary N) is 1. The van der Waals surface area contributed by atoms with Gasteiger partial charge in [-0.15, -0.1) is 0 Å². The van der Waals surface area contributed by atoms with Gasteiger partial charge in [0.1, 0.15) is 6.04 Å². The summed E-state index contributed by atoms with van der Waals surface area (Å²) in [7, 11) is 0. The minimum absolute atomic E-state index is 0.174. The number of carbonyl (C=O) groups excluding carboxylic acids is 1. The topological polar surface area (TPSA) is 32.3 Å². The SMILES string of the molecule is Cc1cc(Br)cc(NC(C)C(=O)N2CCCCC2)c1. The molecule has 0 aromatic heterocycles. The largest absolute Gasteiger partial charge is 0.374 e. The zero-order valence-corrected chi connectivity index (χ0v) is 13.2. The first kappa shape index (κ1) is 14.4. The number of nitrogens with zero attached hydrogens (tertiary/aromatic N) is 1. The molecular formula is C15H21BrN2O. The van der Waals surface area contributed by atoms with Gasteiger partial charge in [-0.05, 0) is 56.9 Å². The van der Waals surface area contributed by atoms with E-state index in [0.29, 0.717) is 0 Å². The van der Waals surface area contributed by atoms with Gasteiger partial charge < -0.3 is 10.2 Å². The lowest BCUT2D eigenvalue weighted by Gasteiger charge is -2.29. The molecule has 1 aromatic rings. The third-order valence-corrected chi connectivity index (χ3v) is 3.92. The van der Waals surface area contributed by atoms with Gasteiger partial charge in [0.15, 0.2) is 0 Å². The fraction of sp³-hybridized carbons (Fsp3) is 0.533. The first-order valence-electron chi connectivity index (χ1n) is 6.89. The molecule has 1 aromatic carbocycles. The molecule has 0 aliphatic carbocycles. The Morgan fingerprint density at radius 2 is 1.95 bits per heavy atom. The molecule has 1 N–H and O–H groups in total. The molecule has 1 aliphatic rings. The van der Waals surface area contributed by atoms with Gasteiger partial charge in [-0.25, -0.2) is 0 Å². The quantitative estimate of drug-likeness (QED) is 0.921. The van der Waals surface area contributed by atoms with E-state index >= 15 is 0 Å². The van der Waals surface area contributed by atoms with Crippen LogP contribution in [0.1, 0.15) is 31.7 Å². The number of anilines is 1. The number of benzene rings is 1. The molecule has 1 fully saturated rings. The van der Waals surface area contributed by atoms with Gasteiger partial charge in [0.2, 0.25) is 5.91 Å². The molecule has 3 nitrogen and oxygen atoms in total. The Morgan fingerprint density at radius 3 is 2.58 bits per heavy atom. The molecule has 19 heavy (non-hydrogen) atoms. The van der Waals surface area contributed by atoms with Crippen LogP contribution < -0.4 is 5.32 Å². The van der Waals surface area contributed by atoms with Crippen LogP contribution in [0.3, 0.4) is 0 Å². The smallest absolute Gasteiger partial charge is 0.244 e. The van der Waals surface area contributed by atoms with Crippen LogP contribution in [-0.2, 0) is 4.79 Å². The maximum atomic E-state index is 12.3. The number of hydrogen-bond acceptors (Lipinski definition) is 2. The molecule has 1 saturated heterocycles. The minimum atomic E-state index is -0.174. The summed E-state index contributed by atoms with van der Waals surface area (Å²) in [5.74, 6) is 0.206. The van der Waals surface area contributed by atoms with E-state index in [4.69, 9.17) is 0 Å². The zero-order chi connectivity index (χ0) is 13.8. The zero-order valence-electron chi connectivity index (χ0n) is 11.6. The Labute approximate surface area is 123 Å². The monoisotopic (exact) mass is 324 g/mol. The molecule has 4 heteroatoms. The number of hydrogen-bond donors (Lipinski definition) is 1. The third kappa shape index (κ3) is 3.96. The highest BCUT2D eigenvalue weighted by molar-refractivity contribution is 9.10. The van der Waals surface area contributed by atoms with Crippen molar-refractivity contribution in [2.24, 2.45) is 0 Å². The number of aryl methyl sites for hydroxylation is 1. The molecule has 2 rings (SSSR count). The molecule has 1 aliphatic heterocycles. The molecular weight excluding hydrogens is 304 g/mol. The molecule has 0 spiro atoms. The van der Waals surface area contributed by atoms with Crippen molar-refractivity contribution in [1.82, 2.24) is 4.90 Å².